The molecule has 3 rings (SSSR count). The summed E-state index contributed by atoms with van der Waals surface area (Å²) in [7, 11) is 0. The number of carbonyl (C=O) groups is 1. The lowest BCUT2D eigenvalue weighted by Gasteiger charge is -1.96. The fourth-order valence-electron chi connectivity index (χ4n) is 2.08. The molecule has 1 heterocycles. The lowest BCUT2D eigenvalue weighted by atomic mass is 10.1. The maximum atomic E-state index is 11.1. The Labute approximate surface area is 117 Å². The van der Waals surface area contributed by atoms with Gasteiger partial charge in [-0.25, -0.2) is 4.42 Å². The maximum absolute atomic E-state index is 11.1. The molecule has 0 aliphatic carbocycles. The molecule has 2 aromatic carbocycles. The Morgan fingerprint density at radius 1 is 0.700 bits per heavy atom. The zero-order chi connectivity index (χ0) is 13.8. The van der Waals surface area contributed by atoms with E-state index in [1.807, 2.05) is 60.7 Å². The molecule has 0 amide bonds. The SMILES string of the molecule is O=Cc1cc(-c2ccccc2)[o+]c(-c2ccccc2)c1. The van der Waals surface area contributed by atoms with Gasteiger partial charge in [0.1, 0.15) is 0 Å². The molecule has 0 bridgehead atoms. The maximum Gasteiger partial charge on any atom is 0.361 e. The largest absolute Gasteiger partial charge is 0.361 e. The molecule has 0 atom stereocenters. The average Bonchev–Trinajstić information content (AvgIpc) is 2.56. The van der Waals surface area contributed by atoms with Gasteiger partial charge in [-0.1, -0.05) is 36.4 Å². The van der Waals surface area contributed by atoms with Gasteiger partial charge in [0.15, 0.2) is 6.29 Å². The van der Waals surface area contributed by atoms with Crippen LogP contribution in [0.15, 0.2) is 77.2 Å². The van der Waals surface area contributed by atoms with Gasteiger partial charge in [0, 0.05) is 5.56 Å². The van der Waals surface area contributed by atoms with E-state index >= 15 is 0 Å². The van der Waals surface area contributed by atoms with Crippen LogP contribution in [0, 0.1) is 0 Å². The van der Waals surface area contributed by atoms with Crippen molar-refractivity contribution in [1.29, 1.82) is 0 Å². The predicted molar refractivity (Wildman–Crippen MR) is 79.4 cm³/mol. The van der Waals surface area contributed by atoms with E-state index in [9.17, 15) is 4.79 Å². The Hall–Kier alpha value is -2.74. The Morgan fingerprint density at radius 2 is 1.15 bits per heavy atom. The van der Waals surface area contributed by atoms with Crippen molar-refractivity contribution < 1.29 is 9.21 Å². The van der Waals surface area contributed by atoms with Crippen molar-refractivity contribution in [1.82, 2.24) is 0 Å². The summed E-state index contributed by atoms with van der Waals surface area (Å²) in [5, 5.41) is 0. The van der Waals surface area contributed by atoms with E-state index in [2.05, 4.69) is 0 Å². The minimum Gasteiger partial charge on any atom is -0.298 e. The minimum atomic E-state index is 0.606. The fourth-order valence-corrected chi connectivity index (χ4v) is 2.08. The van der Waals surface area contributed by atoms with Crippen molar-refractivity contribution >= 4 is 6.29 Å². The van der Waals surface area contributed by atoms with Crippen LogP contribution in [0.1, 0.15) is 10.4 Å². The molecular formula is C18H13O2+. The van der Waals surface area contributed by atoms with Crippen LogP contribution in [0.25, 0.3) is 22.6 Å². The van der Waals surface area contributed by atoms with Gasteiger partial charge in [0.05, 0.1) is 23.3 Å². The number of rotatable bonds is 3. The smallest absolute Gasteiger partial charge is 0.298 e. The molecule has 3 aromatic rings. The van der Waals surface area contributed by atoms with Crippen LogP contribution in [-0.4, -0.2) is 6.29 Å². The molecule has 0 N–H and O–H groups in total. The first-order chi connectivity index (χ1) is 9.86. The Morgan fingerprint density at radius 3 is 1.55 bits per heavy atom. The van der Waals surface area contributed by atoms with Crippen LogP contribution in [0.4, 0.5) is 0 Å². The summed E-state index contributed by atoms with van der Waals surface area (Å²) in [5.74, 6) is 1.38. The zero-order valence-corrected chi connectivity index (χ0v) is 10.8. The first kappa shape index (κ1) is 12.3. The predicted octanol–water partition coefficient (Wildman–Crippen LogP) is 4.71. The minimum absolute atomic E-state index is 0.606. The molecule has 0 unspecified atom stereocenters. The van der Waals surface area contributed by atoms with Gasteiger partial charge in [0.2, 0.25) is 0 Å². The fraction of sp³-hybridized carbons (Fsp3) is 0. The summed E-state index contributed by atoms with van der Waals surface area (Å²) in [6.07, 6.45) is 0.842. The van der Waals surface area contributed by atoms with Crippen LogP contribution in [0.2, 0.25) is 0 Å². The van der Waals surface area contributed by atoms with E-state index in [0.29, 0.717) is 17.1 Å². The van der Waals surface area contributed by atoms with Crippen LogP contribution < -0.4 is 0 Å². The first-order valence-electron chi connectivity index (χ1n) is 6.41. The Balaban J connectivity index is 2.15. The van der Waals surface area contributed by atoms with Crippen molar-refractivity contribution in [2.75, 3.05) is 0 Å². The molecule has 96 valence electrons. The van der Waals surface area contributed by atoms with Gasteiger partial charge in [-0.2, -0.15) is 0 Å². The normalized spacial score (nSPS) is 10.2. The Kier molecular flexibility index (Phi) is 3.38. The van der Waals surface area contributed by atoms with Crippen LogP contribution in [-0.2, 0) is 0 Å². The van der Waals surface area contributed by atoms with Gasteiger partial charge in [-0.15, -0.1) is 0 Å². The van der Waals surface area contributed by atoms with E-state index in [-0.39, 0.29) is 0 Å². The monoisotopic (exact) mass is 261 g/mol. The number of hydrogen-bond donors (Lipinski definition) is 0. The van der Waals surface area contributed by atoms with Crippen LogP contribution >= 0.6 is 0 Å². The highest BCUT2D eigenvalue weighted by Crippen LogP contribution is 2.27. The van der Waals surface area contributed by atoms with Crippen LogP contribution in [0.5, 0.6) is 0 Å². The second-order valence-corrected chi connectivity index (χ2v) is 4.47. The second kappa shape index (κ2) is 5.49. The zero-order valence-electron chi connectivity index (χ0n) is 10.8. The number of aldehydes is 1. The third-order valence-corrected chi connectivity index (χ3v) is 3.07. The lowest BCUT2D eigenvalue weighted by molar-refractivity contribution is 0.112. The van der Waals surface area contributed by atoms with Crippen LogP contribution in [0.3, 0.4) is 0 Å². The molecular weight excluding hydrogens is 248 g/mol. The Bertz CT molecular complexity index is 661. The third kappa shape index (κ3) is 2.50. The van der Waals surface area contributed by atoms with Gasteiger partial charge in [-0.05, 0) is 24.3 Å². The molecule has 0 radical (unpaired) electrons. The van der Waals surface area contributed by atoms with Gasteiger partial charge >= 0.3 is 11.5 Å². The number of hydrogen-bond acceptors (Lipinski definition) is 1. The number of carbonyl (C=O) groups excluding carboxylic acids is 1. The van der Waals surface area contributed by atoms with Crippen molar-refractivity contribution in [2.24, 2.45) is 0 Å². The van der Waals surface area contributed by atoms with Gasteiger partial charge in [0.25, 0.3) is 0 Å². The molecule has 0 fully saturated rings. The summed E-state index contributed by atoms with van der Waals surface area (Å²) in [6, 6.07) is 23.0. The highest BCUT2D eigenvalue weighted by atomic mass is 16.3. The summed E-state index contributed by atoms with van der Waals surface area (Å²) in [4.78, 5) is 11.1. The molecule has 0 aliphatic heterocycles. The average molecular weight is 261 g/mol. The molecule has 2 heteroatoms. The molecule has 2 nitrogen and oxygen atoms in total. The standard InChI is InChI=1S/C18H13O2/c19-13-14-11-17(15-7-3-1-4-8-15)20-18(12-14)16-9-5-2-6-10-16/h1-13H/q+1. The molecule has 1 aromatic heterocycles. The van der Waals surface area contributed by atoms with E-state index in [4.69, 9.17) is 4.42 Å². The van der Waals surface area contributed by atoms with E-state index in [1.165, 1.54) is 0 Å². The molecule has 0 aliphatic rings. The molecule has 0 spiro atoms. The highest BCUT2D eigenvalue weighted by molar-refractivity contribution is 5.80. The molecule has 20 heavy (non-hydrogen) atoms. The molecule has 0 saturated heterocycles. The van der Waals surface area contributed by atoms with Crippen molar-refractivity contribution in [3.63, 3.8) is 0 Å². The van der Waals surface area contributed by atoms with E-state index in [1.54, 1.807) is 12.1 Å². The topological polar surface area (TPSA) is 28.4 Å². The van der Waals surface area contributed by atoms with E-state index < -0.39 is 0 Å². The summed E-state index contributed by atoms with van der Waals surface area (Å²) in [5.41, 5.74) is 2.51. The van der Waals surface area contributed by atoms with Gasteiger partial charge in [-0.3, -0.25) is 4.79 Å². The van der Waals surface area contributed by atoms with E-state index in [0.717, 1.165) is 17.4 Å². The highest BCUT2D eigenvalue weighted by Gasteiger charge is 2.19. The third-order valence-electron chi connectivity index (χ3n) is 3.07. The van der Waals surface area contributed by atoms with Crippen molar-refractivity contribution in [2.45, 2.75) is 0 Å². The lowest BCUT2D eigenvalue weighted by Crippen LogP contribution is -1.87. The van der Waals surface area contributed by atoms with Gasteiger partial charge < -0.3 is 0 Å². The summed E-state index contributed by atoms with van der Waals surface area (Å²) in [6.45, 7) is 0. The molecule has 0 saturated carbocycles. The number of benzene rings is 2. The van der Waals surface area contributed by atoms with Crippen molar-refractivity contribution in [3.8, 4) is 22.6 Å². The first-order valence-corrected chi connectivity index (χ1v) is 6.41. The quantitative estimate of drug-likeness (QED) is 0.504. The second-order valence-electron chi connectivity index (χ2n) is 4.47. The van der Waals surface area contributed by atoms with Crippen molar-refractivity contribution in [3.05, 3.63) is 78.4 Å². The summed E-state index contributed by atoms with van der Waals surface area (Å²) >= 11 is 0. The summed E-state index contributed by atoms with van der Waals surface area (Å²) < 4.78 is 5.93.